The summed E-state index contributed by atoms with van der Waals surface area (Å²) >= 11 is 5.91. The zero-order valence-electron chi connectivity index (χ0n) is 8.53. The minimum atomic E-state index is -0.0403. The monoisotopic (exact) mass is 228 g/mol. The molecule has 1 aliphatic heterocycles. The molecule has 0 aliphatic carbocycles. The summed E-state index contributed by atoms with van der Waals surface area (Å²) < 4.78 is 1.52. The first-order chi connectivity index (χ1) is 7.20. The van der Waals surface area contributed by atoms with E-state index in [2.05, 4.69) is 10.4 Å². The third kappa shape index (κ3) is 1.98. The number of carbonyl (C=O) groups is 1. The Morgan fingerprint density at radius 2 is 2.20 bits per heavy atom. The fourth-order valence-corrected chi connectivity index (χ4v) is 1.92. The molecule has 1 aromatic rings. The average Bonchev–Trinajstić information content (AvgIpc) is 2.59. The quantitative estimate of drug-likeness (QED) is 0.743. The molecule has 1 fully saturated rings. The lowest BCUT2D eigenvalue weighted by Gasteiger charge is -2.27. The van der Waals surface area contributed by atoms with Crippen molar-refractivity contribution in [1.82, 2.24) is 20.0 Å². The van der Waals surface area contributed by atoms with Crippen LogP contribution >= 0.6 is 11.6 Å². The van der Waals surface area contributed by atoms with Gasteiger partial charge in [-0.25, -0.2) is 0 Å². The standard InChI is InChI=1S/C9H13ClN4O/c1-13-8(7(10)6-12-13)9(15)14-4-2-11-3-5-14/h6,11H,2-5H2,1H3. The van der Waals surface area contributed by atoms with E-state index in [4.69, 9.17) is 11.6 Å². The highest BCUT2D eigenvalue weighted by molar-refractivity contribution is 6.33. The molecule has 2 rings (SSSR count). The van der Waals surface area contributed by atoms with Crippen molar-refractivity contribution in [3.63, 3.8) is 0 Å². The molecule has 0 radical (unpaired) electrons. The lowest BCUT2D eigenvalue weighted by atomic mass is 10.3. The maximum absolute atomic E-state index is 12.1. The Labute approximate surface area is 93.0 Å². The number of nitrogens with zero attached hydrogens (tertiary/aromatic N) is 3. The molecular formula is C9H13ClN4O. The molecule has 1 N–H and O–H groups in total. The van der Waals surface area contributed by atoms with E-state index in [0.717, 1.165) is 26.2 Å². The molecule has 1 aliphatic rings. The Morgan fingerprint density at radius 3 is 2.73 bits per heavy atom. The van der Waals surface area contributed by atoms with Gasteiger partial charge in [0.1, 0.15) is 5.69 Å². The van der Waals surface area contributed by atoms with Crippen LogP contribution in [0.15, 0.2) is 6.20 Å². The van der Waals surface area contributed by atoms with Gasteiger partial charge >= 0.3 is 0 Å². The predicted molar refractivity (Wildman–Crippen MR) is 57.0 cm³/mol. The predicted octanol–water partition coefficient (Wildman–Crippen LogP) is 0.119. The highest BCUT2D eigenvalue weighted by Gasteiger charge is 2.23. The van der Waals surface area contributed by atoms with Gasteiger partial charge in [-0.15, -0.1) is 0 Å². The van der Waals surface area contributed by atoms with Gasteiger partial charge in [-0.05, 0) is 0 Å². The molecule has 0 aromatic carbocycles. The van der Waals surface area contributed by atoms with Gasteiger partial charge < -0.3 is 10.2 Å². The Hall–Kier alpha value is -1.07. The van der Waals surface area contributed by atoms with E-state index in [9.17, 15) is 4.79 Å². The maximum Gasteiger partial charge on any atom is 0.273 e. The molecule has 1 saturated heterocycles. The van der Waals surface area contributed by atoms with Crippen LogP contribution in [0.2, 0.25) is 5.02 Å². The third-order valence-corrected chi connectivity index (χ3v) is 2.78. The van der Waals surface area contributed by atoms with Crippen LogP contribution in [0.5, 0.6) is 0 Å². The smallest absolute Gasteiger partial charge is 0.273 e. The second kappa shape index (κ2) is 4.20. The number of amides is 1. The number of hydrogen-bond acceptors (Lipinski definition) is 3. The maximum atomic E-state index is 12.1. The van der Waals surface area contributed by atoms with Crippen LogP contribution in [0.3, 0.4) is 0 Å². The molecule has 1 amide bonds. The molecule has 0 unspecified atom stereocenters. The SMILES string of the molecule is Cn1ncc(Cl)c1C(=O)N1CCNCC1. The van der Waals surface area contributed by atoms with Crippen molar-refractivity contribution in [3.8, 4) is 0 Å². The number of aromatic nitrogens is 2. The van der Waals surface area contributed by atoms with E-state index in [1.54, 1.807) is 11.9 Å². The van der Waals surface area contributed by atoms with Crippen molar-refractivity contribution in [2.24, 2.45) is 7.05 Å². The highest BCUT2D eigenvalue weighted by atomic mass is 35.5. The number of piperazine rings is 1. The largest absolute Gasteiger partial charge is 0.335 e. The Bertz CT molecular complexity index is 351. The molecule has 0 bridgehead atoms. The average molecular weight is 229 g/mol. The van der Waals surface area contributed by atoms with Crippen LogP contribution < -0.4 is 5.32 Å². The molecular weight excluding hydrogens is 216 g/mol. The van der Waals surface area contributed by atoms with Gasteiger partial charge in [0, 0.05) is 33.2 Å². The fourth-order valence-electron chi connectivity index (χ4n) is 1.67. The van der Waals surface area contributed by atoms with E-state index in [-0.39, 0.29) is 5.91 Å². The number of halogens is 1. The van der Waals surface area contributed by atoms with Crippen LogP contribution in [-0.2, 0) is 7.05 Å². The first-order valence-electron chi connectivity index (χ1n) is 4.87. The zero-order valence-corrected chi connectivity index (χ0v) is 9.29. The normalized spacial score (nSPS) is 16.8. The third-order valence-electron chi connectivity index (χ3n) is 2.50. The van der Waals surface area contributed by atoms with Gasteiger partial charge in [-0.2, -0.15) is 5.10 Å². The van der Waals surface area contributed by atoms with E-state index in [1.165, 1.54) is 10.9 Å². The minimum Gasteiger partial charge on any atom is -0.335 e. The van der Waals surface area contributed by atoms with Crippen LogP contribution in [0.4, 0.5) is 0 Å². The molecule has 82 valence electrons. The molecule has 0 atom stereocenters. The van der Waals surface area contributed by atoms with Gasteiger partial charge in [-0.1, -0.05) is 11.6 Å². The topological polar surface area (TPSA) is 50.2 Å². The number of hydrogen-bond donors (Lipinski definition) is 1. The molecule has 0 spiro atoms. The van der Waals surface area contributed by atoms with E-state index in [0.29, 0.717) is 10.7 Å². The summed E-state index contributed by atoms with van der Waals surface area (Å²) in [5.41, 5.74) is 0.471. The second-order valence-corrected chi connectivity index (χ2v) is 3.91. The Balaban J connectivity index is 2.19. The summed E-state index contributed by atoms with van der Waals surface area (Å²) in [6.07, 6.45) is 1.50. The van der Waals surface area contributed by atoms with Crippen molar-refractivity contribution in [2.75, 3.05) is 26.2 Å². The van der Waals surface area contributed by atoms with Crippen molar-refractivity contribution >= 4 is 17.5 Å². The van der Waals surface area contributed by atoms with Crippen molar-refractivity contribution in [2.45, 2.75) is 0 Å². The van der Waals surface area contributed by atoms with E-state index >= 15 is 0 Å². The summed E-state index contributed by atoms with van der Waals surface area (Å²) in [5.74, 6) is -0.0403. The number of rotatable bonds is 1. The molecule has 2 heterocycles. The summed E-state index contributed by atoms with van der Waals surface area (Å²) in [4.78, 5) is 13.8. The molecule has 0 saturated carbocycles. The number of aryl methyl sites for hydroxylation is 1. The minimum absolute atomic E-state index is 0.0403. The van der Waals surface area contributed by atoms with Gasteiger partial charge in [0.25, 0.3) is 5.91 Å². The van der Waals surface area contributed by atoms with Crippen molar-refractivity contribution in [3.05, 3.63) is 16.9 Å². The van der Waals surface area contributed by atoms with Crippen LogP contribution in [0.25, 0.3) is 0 Å². The lowest BCUT2D eigenvalue weighted by molar-refractivity contribution is 0.0725. The molecule has 15 heavy (non-hydrogen) atoms. The first kappa shape index (κ1) is 10.4. The van der Waals surface area contributed by atoms with Crippen LogP contribution in [0.1, 0.15) is 10.5 Å². The van der Waals surface area contributed by atoms with Crippen LogP contribution in [0, 0.1) is 0 Å². The zero-order chi connectivity index (χ0) is 10.8. The molecule has 5 nitrogen and oxygen atoms in total. The number of carbonyl (C=O) groups excluding carboxylic acids is 1. The highest BCUT2D eigenvalue weighted by Crippen LogP contribution is 2.16. The Kier molecular flexibility index (Phi) is 2.93. The molecule has 6 heteroatoms. The summed E-state index contributed by atoms with van der Waals surface area (Å²) in [6.45, 7) is 3.11. The van der Waals surface area contributed by atoms with Crippen molar-refractivity contribution < 1.29 is 4.79 Å². The number of nitrogens with one attached hydrogen (secondary N) is 1. The summed E-state index contributed by atoms with van der Waals surface area (Å²) in [5, 5.41) is 7.57. The summed E-state index contributed by atoms with van der Waals surface area (Å²) in [7, 11) is 1.72. The second-order valence-electron chi connectivity index (χ2n) is 3.51. The van der Waals surface area contributed by atoms with E-state index in [1.807, 2.05) is 0 Å². The van der Waals surface area contributed by atoms with Gasteiger partial charge in [0.05, 0.1) is 11.2 Å². The fraction of sp³-hybridized carbons (Fsp3) is 0.556. The summed E-state index contributed by atoms with van der Waals surface area (Å²) in [6, 6.07) is 0. The van der Waals surface area contributed by atoms with E-state index < -0.39 is 0 Å². The first-order valence-corrected chi connectivity index (χ1v) is 5.25. The van der Waals surface area contributed by atoms with Gasteiger partial charge in [0.2, 0.25) is 0 Å². The van der Waals surface area contributed by atoms with Gasteiger partial charge in [0.15, 0.2) is 0 Å². The molecule has 1 aromatic heterocycles. The van der Waals surface area contributed by atoms with Crippen LogP contribution in [-0.4, -0.2) is 46.8 Å². The lowest BCUT2D eigenvalue weighted by Crippen LogP contribution is -2.46. The van der Waals surface area contributed by atoms with Gasteiger partial charge in [-0.3, -0.25) is 9.48 Å². The van der Waals surface area contributed by atoms with Crippen molar-refractivity contribution in [1.29, 1.82) is 0 Å². The Morgan fingerprint density at radius 1 is 1.53 bits per heavy atom.